The number of hydrogen-bond acceptors (Lipinski definition) is 3. The molecule has 0 radical (unpaired) electrons. The summed E-state index contributed by atoms with van der Waals surface area (Å²) < 4.78 is 0. The van der Waals surface area contributed by atoms with Gasteiger partial charge in [0.15, 0.2) is 0 Å². The minimum absolute atomic E-state index is 0.0105. The predicted octanol–water partition coefficient (Wildman–Crippen LogP) is 2.56. The van der Waals surface area contributed by atoms with Gasteiger partial charge in [-0.05, 0) is 29.1 Å². The fourth-order valence-corrected chi connectivity index (χ4v) is 2.36. The van der Waals surface area contributed by atoms with Gasteiger partial charge in [-0.25, -0.2) is 0 Å². The van der Waals surface area contributed by atoms with Crippen molar-refractivity contribution in [3.05, 3.63) is 52.2 Å². The predicted molar refractivity (Wildman–Crippen MR) is 74.4 cm³/mol. The minimum Gasteiger partial charge on any atom is -0.481 e. The zero-order chi connectivity index (χ0) is 13.7. The van der Waals surface area contributed by atoms with Crippen molar-refractivity contribution in [2.75, 3.05) is 5.32 Å². The van der Waals surface area contributed by atoms with E-state index in [0.717, 1.165) is 4.88 Å². The molecule has 0 bridgehead atoms. The molecule has 0 aliphatic rings. The maximum Gasteiger partial charge on any atom is 0.307 e. The molecule has 2 rings (SSSR count). The first-order valence-corrected chi connectivity index (χ1v) is 6.64. The summed E-state index contributed by atoms with van der Waals surface area (Å²) in [5, 5.41) is 13.4. The van der Waals surface area contributed by atoms with E-state index in [1.165, 1.54) is 0 Å². The van der Waals surface area contributed by atoms with Crippen molar-refractivity contribution in [2.24, 2.45) is 0 Å². The van der Waals surface area contributed by atoms with Crippen molar-refractivity contribution in [3.63, 3.8) is 0 Å². The molecule has 5 heteroatoms. The van der Waals surface area contributed by atoms with Crippen molar-refractivity contribution in [3.8, 4) is 0 Å². The molecule has 0 fully saturated rings. The van der Waals surface area contributed by atoms with Crippen LogP contribution in [0.4, 0.5) is 5.69 Å². The Balaban J connectivity index is 1.92. The smallest absolute Gasteiger partial charge is 0.307 e. The Labute approximate surface area is 114 Å². The Kier molecular flexibility index (Phi) is 4.30. The van der Waals surface area contributed by atoms with E-state index in [4.69, 9.17) is 5.11 Å². The van der Waals surface area contributed by atoms with Gasteiger partial charge in [0.1, 0.15) is 0 Å². The molecular weight excluding hydrogens is 262 g/mol. The van der Waals surface area contributed by atoms with E-state index in [2.05, 4.69) is 5.32 Å². The maximum atomic E-state index is 11.7. The first-order valence-electron chi connectivity index (χ1n) is 5.76. The van der Waals surface area contributed by atoms with Gasteiger partial charge in [0.25, 0.3) is 0 Å². The number of carbonyl (C=O) groups is 2. The molecule has 0 unspecified atom stereocenters. The number of amides is 1. The van der Waals surface area contributed by atoms with Crippen LogP contribution < -0.4 is 5.32 Å². The normalized spacial score (nSPS) is 10.1. The van der Waals surface area contributed by atoms with E-state index in [9.17, 15) is 9.59 Å². The van der Waals surface area contributed by atoms with Crippen LogP contribution in [0.15, 0.2) is 41.8 Å². The molecule has 1 aromatic carbocycles. The van der Waals surface area contributed by atoms with Crippen molar-refractivity contribution in [2.45, 2.75) is 12.8 Å². The number of carbonyl (C=O) groups excluding carboxylic acids is 1. The molecule has 0 aliphatic carbocycles. The number of anilines is 1. The second-order valence-electron chi connectivity index (χ2n) is 4.07. The second-order valence-corrected chi connectivity index (χ2v) is 5.10. The highest BCUT2D eigenvalue weighted by Gasteiger charge is 2.05. The van der Waals surface area contributed by atoms with Crippen LogP contribution in [0.1, 0.15) is 10.4 Å². The van der Waals surface area contributed by atoms with Gasteiger partial charge in [0, 0.05) is 10.6 Å². The summed E-state index contributed by atoms with van der Waals surface area (Å²) in [4.78, 5) is 23.3. The van der Waals surface area contributed by atoms with E-state index in [-0.39, 0.29) is 12.3 Å². The van der Waals surface area contributed by atoms with Crippen LogP contribution in [0.5, 0.6) is 0 Å². The molecular formula is C14H13NO3S. The largest absolute Gasteiger partial charge is 0.481 e. The number of carboxylic acids is 1. The molecule has 1 aromatic heterocycles. The fourth-order valence-electron chi connectivity index (χ4n) is 1.66. The molecule has 0 saturated carbocycles. The standard InChI is InChI=1S/C14H13NO3S/c16-13(9-12-2-1-7-19-12)15-11-5-3-10(4-6-11)8-14(17)18/h1-7H,8-9H2,(H,15,16)(H,17,18). The van der Waals surface area contributed by atoms with Gasteiger partial charge in [0.2, 0.25) is 5.91 Å². The van der Waals surface area contributed by atoms with Crippen LogP contribution in [-0.2, 0) is 22.4 Å². The zero-order valence-corrected chi connectivity index (χ0v) is 10.9. The summed E-state index contributed by atoms with van der Waals surface area (Å²) in [6.45, 7) is 0. The van der Waals surface area contributed by atoms with Gasteiger partial charge < -0.3 is 10.4 Å². The van der Waals surface area contributed by atoms with Crippen molar-refractivity contribution in [1.29, 1.82) is 0 Å². The van der Waals surface area contributed by atoms with Crippen molar-refractivity contribution >= 4 is 28.9 Å². The number of benzene rings is 1. The topological polar surface area (TPSA) is 66.4 Å². The number of aliphatic carboxylic acids is 1. The summed E-state index contributed by atoms with van der Waals surface area (Å²) in [5.74, 6) is -0.942. The highest BCUT2D eigenvalue weighted by atomic mass is 32.1. The van der Waals surface area contributed by atoms with E-state index in [1.807, 2.05) is 17.5 Å². The summed E-state index contributed by atoms with van der Waals surface area (Å²) in [6, 6.07) is 10.7. The average molecular weight is 275 g/mol. The third kappa shape index (κ3) is 4.22. The first-order chi connectivity index (χ1) is 9.13. The molecule has 1 amide bonds. The Morgan fingerprint density at radius 2 is 1.84 bits per heavy atom. The van der Waals surface area contributed by atoms with Crippen LogP contribution in [0.25, 0.3) is 0 Å². The van der Waals surface area contributed by atoms with Gasteiger partial charge in [-0.2, -0.15) is 0 Å². The van der Waals surface area contributed by atoms with Crippen molar-refractivity contribution in [1.82, 2.24) is 0 Å². The van der Waals surface area contributed by atoms with E-state index >= 15 is 0 Å². The molecule has 2 N–H and O–H groups in total. The average Bonchev–Trinajstić information content (AvgIpc) is 2.83. The molecule has 0 saturated heterocycles. The third-order valence-corrected chi connectivity index (χ3v) is 3.38. The SMILES string of the molecule is O=C(O)Cc1ccc(NC(=O)Cc2cccs2)cc1. The monoisotopic (exact) mass is 275 g/mol. The Morgan fingerprint density at radius 1 is 1.11 bits per heavy atom. The van der Waals surface area contributed by atoms with E-state index < -0.39 is 5.97 Å². The quantitative estimate of drug-likeness (QED) is 0.881. The summed E-state index contributed by atoms with van der Waals surface area (Å²) in [7, 11) is 0. The molecule has 2 aromatic rings. The van der Waals surface area contributed by atoms with Gasteiger partial charge >= 0.3 is 5.97 Å². The molecule has 19 heavy (non-hydrogen) atoms. The third-order valence-electron chi connectivity index (χ3n) is 2.51. The number of hydrogen-bond donors (Lipinski definition) is 2. The van der Waals surface area contributed by atoms with Gasteiger partial charge in [-0.15, -0.1) is 11.3 Å². The lowest BCUT2D eigenvalue weighted by atomic mass is 10.1. The highest BCUT2D eigenvalue weighted by Crippen LogP contribution is 2.13. The second kappa shape index (κ2) is 6.15. The van der Waals surface area contributed by atoms with E-state index in [1.54, 1.807) is 35.6 Å². The lowest BCUT2D eigenvalue weighted by Crippen LogP contribution is -2.13. The zero-order valence-electron chi connectivity index (χ0n) is 10.1. The Hall–Kier alpha value is -2.14. The summed E-state index contributed by atoms with van der Waals surface area (Å²) >= 11 is 1.54. The van der Waals surface area contributed by atoms with Crippen LogP contribution in [0, 0.1) is 0 Å². The number of nitrogens with one attached hydrogen (secondary N) is 1. The molecule has 0 spiro atoms. The Bertz CT molecular complexity index is 561. The van der Waals surface area contributed by atoms with Crippen LogP contribution in [0.3, 0.4) is 0 Å². The minimum atomic E-state index is -0.866. The molecule has 1 heterocycles. The van der Waals surface area contributed by atoms with Crippen LogP contribution in [-0.4, -0.2) is 17.0 Å². The summed E-state index contributed by atoms with van der Waals surface area (Å²) in [5.41, 5.74) is 1.39. The van der Waals surface area contributed by atoms with E-state index in [0.29, 0.717) is 17.7 Å². The first kappa shape index (κ1) is 13.3. The number of carboxylic acid groups (broad SMARTS) is 1. The van der Waals surface area contributed by atoms with Gasteiger partial charge in [-0.3, -0.25) is 9.59 Å². The maximum absolute atomic E-state index is 11.7. The van der Waals surface area contributed by atoms with Crippen LogP contribution >= 0.6 is 11.3 Å². The Morgan fingerprint density at radius 3 is 2.42 bits per heavy atom. The lowest BCUT2D eigenvalue weighted by Gasteiger charge is -2.05. The highest BCUT2D eigenvalue weighted by molar-refractivity contribution is 7.10. The summed E-state index contributed by atoms with van der Waals surface area (Å²) in [6.07, 6.45) is 0.345. The number of thiophene rings is 1. The van der Waals surface area contributed by atoms with Crippen LogP contribution in [0.2, 0.25) is 0 Å². The molecule has 4 nitrogen and oxygen atoms in total. The van der Waals surface area contributed by atoms with Crippen molar-refractivity contribution < 1.29 is 14.7 Å². The molecule has 0 aliphatic heterocycles. The molecule has 98 valence electrons. The fraction of sp³-hybridized carbons (Fsp3) is 0.143. The number of rotatable bonds is 5. The van der Waals surface area contributed by atoms with Gasteiger partial charge in [-0.1, -0.05) is 18.2 Å². The molecule has 0 atom stereocenters. The van der Waals surface area contributed by atoms with Gasteiger partial charge in [0.05, 0.1) is 12.8 Å². The lowest BCUT2D eigenvalue weighted by molar-refractivity contribution is -0.136.